The van der Waals surface area contributed by atoms with Crippen molar-refractivity contribution in [3.8, 4) is 11.5 Å². The zero-order valence-corrected chi connectivity index (χ0v) is 16.0. The molecule has 8 nitrogen and oxygen atoms in total. The number of esters is 1. The number of ether oxygens (including phenoxy) is 3. The summed E-state index contributed by atoms with van der Waals surface area (Å²) in [5, 5.41) is 7.43. The monoisotopic (exact) mass is 372 g/mol. The van der Waals surface area contributed by atoms with Crippen molar-refractivity contribution in [1.82, 2.24) is 14.8 Å². The summed E-state index contributed by atoms with van der Waals surface area (Å²) in [6.45, 7) is 4.26. The zero-order chi connectivity index (χ0) is 19.4. The van der Waals surface area contributed by atoms with Crippen LogP contribution in [0.2, 0.25) is 0 Å². The molecule has 2 aromatic rings. The topological polar surface area (TPSA) is 87.5 Å². The Kier molecular flexibility index (Phi) is 5.63. The van der Waals surface area contributed by atoms with Crippen LogP contribution in [0.25, 0.3) is 0 Å². The normalized spacial score (nSPS) is 15.8. The molecule has 144 valence electrons. The maximum atomic E-state index is 12.9. The first kappa shape index (κ1) is 18.8. The number of carbonyl (C=O) groups is 1. The zero-order valence-electron chi connectivity index (χ0n) is 16.0. The third-order valence-electron chi connectivity index (χ3n) is 4.48. The number of carbonyl (C=O) groups excluding carboxylic acids is 1. The van der Waals surface area contributed by atoms with Crippen molar-refractivity contribution in [2.24, 2.45) is 0 Å². The molecule has 0 bridgehead atoms. The summed E-state index contributed by atoms with van der Waals surface area (Å²) >= 11 is 0. The van der Waals surface area contributed by atoms with Crippen LogP contribution in [0.15, 0.2) is 35.8 Å². The predicted molar refractivity (Wildman–Crippen MR) is 99.9 cm³/mol. The summed E-state index contributed by atoms with van der Waals surface area (Å²) in [6.07, 6.45) is 3.22. The van der Waals surface area contributed by atoms with Crippen LogP contribution in [0.1, 0.15) is 38.3 Å². The van der Waals surface area contributed by atoms with Crippen LogP contribution in [0.3, 0.4) is 0 Å². The molecular weight excluding hydrogens is 348 g/mol. The first-order chi connectivity index (χ1) is 13.1. The highest BCUT2D eigenvalue weighted by Gasteiger charge is 2.36. The van der Waals surface area contributed by atoms with Gasteiger partial charge in [0.25, 0.3) is 0 Å². The molecule has 0 fully saturated rings. The van der Waals surface area contributed by atoms with Gasteiger partial charge in [-0.25, -0.2) is 9.48 Å². The van der Waals surface area contributed by atoms with Gasteiger partial charge in [-0.05, 0) is 25.5 Å². The molecule has 0 amide bonds. The fraction of sp³-hybridized carbons (Fsp3) is 0.421. The highest BCUT2D eigenvalue weighted by atomic mass is 16.5. The number of fused-ring (bicyclic) bond motifs is 1. The number of aromatic nitrogens is 3. The van der Waals surface area contributed by atoms with Crippen molar-refractivity contribution in [3.05, 3.63) is 41.4 Å². The second kappa shape index (κ2) is 8.11. The highest BCUT2D eigenvalue weighted by molar-refractivity contribution is 5.92. The number of benzene rings is 1. The maximum Gasteiger partial charge on any atom is 0.338 e. The van der Waals surface area contributed by atoms with E-state index in [9.17, 15) is 4.79 Å². The lowest BCUT2D eigenvalue weighted by molar-refractivity contribution is -0.139. The summed E-state index contributed by atoms with van der Waals surface area (Å²) in [5.41, 5.74) is 1.93. The molecule has 3 rings (SSSR count). The van der Waals surface area contributed by atoms with Crippen molar-refractivity contribution in [2.75, 3.05) is 26.1 Å². The number of methoxy groups -OCH3 is 2. The fourth-order valence-electron chi connectivity index (χ4n) is 3.07. The minimum atomic E-state index is -0.515. The molecule has 1 aliphatic rings. The van der Waals surface area contributed by atoms with E-state index in [-0.39, 0.29) is 5.97 Å². The summed E-state index contributed by atoms with van der Waals surface area (Å²) in [6, 6.07) is 4.96. The second-order valence-electron chi connectivity index (χ2n) is 6.19. The summed E-state index contributed by atoms with van der Waals surface area (Å²) in [4.78, 5) is 17.1. The van der Waals surface area contributed by atoms with Crippen molar-refractivity contribution in [3.63, 3.8) is 0 Å². The van der Waals surface area contributed by atoms with Gasteiger partial charge in [-0.1, -0.05) is 13.3 Å². The van der Waals surface area contributed by atoms with Gasteiger partial charge in [0.1, 0.15) is 23.9 Å². The number of allylic oxidation sites excluding steroid dienone is 1. The number of anilines is 1. The van der Waals surface area contributed by atoms with E-state index in [1.165, 1.54) is 6.33 Å². The Morgan fingerprint density at radius 2 is 2.11 bits per heavy atom. The van der Waals surface area contributed by atoms with Gasteiger partial charge in [0.2, 0.25) is 5.95 Å². The lowest BCUT2D eigenvalue weighted by atomic mass is 9.95. The van der Waals surface area contributed by atoms with Gasteiger partial charge in [0.15, 0.2) is 0 Å². The lowest BCUT2D eigenvalue weighted by Crippen LogP contribution is -2.30. The average Bonchev–Trinajstić information content (AvgIpc) is 3.14. The summed E-state index contributed by atoms with van der Waals surface area (Å²) in [7, 11) is 3.17. The minimum Gasteiger partial charge on any atom is -0.497 e. The Morgan fingerprint density at radius 3 is 2.81 bits per heavy atom. The van der Waals surface area contributed by atoms with Crippen LogP contribution in [0, 0.1) is 0 Å². The second-order valence-corrected chi connectivity index (χ2v) is 6.19. The van der Waals surface area contributed by atoms with Crippen LogP contribution in [-0.4, -0.2) is 41.6 Å². The van der Waals surface area contributed by atoms with Gasteiger partial charge in [-0.3, -0.25) is 0 Å². The Bertz CT molecular complexity index is 859. The minimum absolute atomic E-state index is 0.377. The van der Waals surface area contributed by atoms with Crippen LogP contribution in [-0.2, 0) is 9.53 Å². The van der Waals surface area contributed by atoms with E-state index >= 15 is 0 Å². The molecular formula is C19H24N4O4. The molecule has 1 N–H and O–H groups in total. The summed E-state index contributed by atoms with van der Waals surface area (Å²) < 4.78 is 18.0. The molecule has 0 radical (unpaired) electrons. The van der Waals surface area contributed by atoms with Crippen molar-refractivity contribution >= 4 is 11.9 Å². The number of nitrogens with one attached hydrogen (secondary N) is 1. The molecule has 1 aromatic heterocycles. The Balaban J connectivity index is 2.08. The number of hydrogen-bond acceptors (Lipinski definition) is 7. The number of hydrogen-bond donors (Lipinski definition) is 1. The molecule has 0 saturated heterocycles. The molecule has 0 unspecified atom stereocenters. The highest BCUT2D eigenvalue weighted by Crippen LogP contribution is 2.40. The molecule has 0 spiro atoms. The van der Waals surface area contributed by atoms with Gasteiger partial charge in [0.05, 0.1) is 26.4 Å². The molecule has 1 aromatic carbocycles. The third kappa shape index (κ3) is 3.60. The average molecular weight is 372 g/mol. The van der Waals surface area contributed by atoms with Crippen molar-refractivity contribution in [1.29, 1.82) is 0 Å². The van der Waals surface area contributed by atoms with Gasteiger partial charge in [-0.15, -0.1) is 0 Å². The SMILES string of the molecule is CCCCOC(=O)C1=C(C)Nc2ncnn2[C@@H]1c1ccc(OC)cc1OC. The molecule has 1 atom stereocenters. The Morgan fingerprint density at radius 1 is 1.30 bits per heavy atom. The Hall–Kier alpha value is -3.03. The van der Waals surface area contributed by atoms with Crippen LogP contribution in [0.4, 0.5) is 5.95 Å². The maximum absolute atomic E-state index is 12.9. The largest absolute Gasteiger partial charge is 0.497 e. The van der Waals surface area contributed by atoms with E-state index in [2.05, 4.69) is 15.4 Å². The molecule has 0 saturated carbocycles. The van der Waals surface area contributed by atoms with E-state index in [0.717, 1.165) is 18.4 Å². The fourth-order valence-corrected chi connectivity index (χ4v) is 3.07. The van der Waals surface area contributed by atoms with Gasteiger partial charge >= 0.3 is 5.97 Å². The smallest absolute Gasteiger partial charge is 0.338 e. The summed E-state index contributed by atoms with van der Waals surface area (Å²) in [5.74, 6) is 1.43. The van der Waals surface area contributed by atoms with Crippen molar-refractivity contribution in [2.45, 2.75) is 32.7 Å². The lowest BCUT2D eigenvalue weighted by Gasteiger charge is -2.29. The van der Waals surface area contributed by atoms with Gasteiger partial charge < -0.3 is 19.5 Å². The van der Waals surface area contributed by atoms with Gasteiger partial charge in [0, 0.05) is 17.3 Å². The van der Waals surface area contributed by atoms with E-state index in [1.807, 2.05) is 26.0 Å². The number of rotatable bonds is 7. The van der Waals surface area contributed by atoms with E-state index in [1.54, 1.807) is 25.0 Å². The number of unbranched alkanes of at least 4 members (excludes halogenated alkanes) is 1. The number of nitrogens with zero attached hydrogens (tertiary/aromatic N) is 3. The molecule has 2 heterocycles. The standard InChI is InChI=1S/C19H24N4O4/c1-5-6-9-27-18(24)16-12(2)22-19-20-11-21-23(19)17(16)14-8-7-13(25-3)10-15(14)26-4/h7-8,10-11,17H,5-6,9H2,1-4H3,(H,20,21,22)/t17-/m1/s1. The van der Waals surface area contributed by atoms with Crippen molar-refractivity contribution < 1.29 is 19.0 Å². The Labute approximate surface area is 158 Å². The van der Waals surface area contributed by atoms with E-state index in [4.69, 9.17) is 14.2 Å². The van der Waals surface area contributed by atoms with E-state index < -0.39 is 6.04 Å². The third-order valence-corrected chi connectivity index (χ3v) is 4.48. The van der Waals surface area contributed by atoms with Crippen LogP contribution in [0.5, 0.6) is 11.5 Å². The van der Waals surface area contributed by atoms with Crippen LogP contribution >= 0.6 is 0 Å². The molecule has 8 heteroatoms. The predicted octanol–water partition coefficient (Wildman–Crippen LogP) is 2.93. The first-order valence-electron chi connectivity index (χ1n) is 8.87. The quantitative estimate of drug-likeness (QED) is 0.590. The van der Waals surface area contributed by atoms with Crippen LogP contribution < -0.4 is 14.8 Å². The molecule has 0 aliphatic carbocycles. The first-order valence-corrected chi connectivity index (χ1v) is 8.87. The van der Waals surface area contributed by atoms with Gasteiger partial charge in [-0.2, -0.15) is 10.1 Å². The molecule has 1 aliphatic heterocycles. The van der Waals surface area contributed by atoms with E-state index in [0.29, 0.717) is 35.3 Å². The molecule has 27 heavy (non-hydrogen) atoms.